The van der Waals surface area contributed by atoms with Gasteiger partial charge in [-0.1, -0.05) is 15.9 Å². The molecule has 2 rings (SSSR count). The van der Waals surface area contributed by atoms with Gasteiger partial charge in [-0.05, 0) is 58.0 Å². The lowest BCUT2D eigenvalue weighted by Gasteiger charge is -2.36. The van der Waals surface area contributed by atoms with E-state index in [1.165, 1.54) is 6.92 Å². The van der Waals surface area contributed by atoms with E-state index in [1.54, 1.807) is 18.2 Å². The quantitative estimate of drug-likeness (QED) is 0.783. The first-order chi connectivity index (χ1) is 10.8. The van der Waals surface area contributed by atoms with E-state index in [4.69, 9.17) is 4.74 Å². The fourth-order valence-electron chi connectivity index (χ4n) is 2.88. The molecule has 1 amide bonds. The third-order valence-electron chi connectivity index (χ3n) is 4.19. The van der Waals surface area contributed by atoms with Crippen LogP contribution in [-0.2, 0) is 9.53 Å². The number of hydrogen-bond donors (Lipinski definition) is 2. The summed E-state index contributed by atoms with van der Waals surface area (Å²) < 4.78 is 6.56. The summed E-state index contributed by atoms with van der Waals surface area (Å²) in [5, 5.41) is 5.99. The Morgan fingerprint density at radius 1 is 1.30 bits per heavy atom. The molecule has 0 spiro atoms. The number of carbonyl (C=O) groups excluding carboxylic acids is 2. The molecule has 0 aromatic heterocycles. The number of ether oxygens (including phenoxy) is 1. The van der Waals surface area contributed by atoms with E-state index in [0.29, 0.717) is 17.2 Å². The van der Waals surface area contributed by atoms with Gasteiger partial charge in [0.1, 0.15) is 5.60 Å². The number of carbonyl (C=O) groups is 2. The lowest BCUT2D eigenvalue weighted by atomic mass is 9.83. The summed E-state index contributed by atoms with van der Waals surface area (Å²) in [6.07, 6.45) is 1.97. The van der Waals surface area contributed by atoms with Crippen LogP contribution in [0.4, 0.5) is 5.69 Å². The largest absolute Gasteiger partial charge is 0.456 e. The van der Waals surface area contributed by atoms with Crippen LogP contribution in [0.15, 0.2) is 22.7 Å². The van der Waals surface area contributed by atoms with Crippen molar-refractivity contribution in [2.75, 3.05) is 18.4 Å². The molecule has 0 radical (unpaired) electrons. The molecule has 1 aromatic rings. The lowest BCUT2D eigenvalue weighted by molar-refractivity contribution is -0.114. The molecule has 1 aromatic carbocycles. The molecule has 0 saturated carbocycles. The summed E-state index contributed by atoms with van der Waals surface area (Å²) in [4.78, 5) is 24.0. The van der Waals surface area contributed by atoms with E-state index in [-0.39, 0.29) is 5.91 Å². The number of benzene rings is 1. The van der Waals surface area contributed by atoms with Crippen molar-refractivity contribution in [3.63, 3.8) is 0 Å². The van der Waals surface area contributed by atoms with Gasteiger partial charge >= 0.3 is 5.97 Å². The van der Waals surface area contributed by atoms with Crippen molar-refractivity contribution < 1.29 is 14.3 Å². The van der Waals surface area contributed by atoms with E-state index >= 15 is 0 Å². The summed E-state index contributed by atoms with van der Waals surface area (Å²) in [5.74, 6) is -0.318. The summed E-state index contributed by atoms with van der Waals surface area (Å²) in [6, 6.07) is 5.14. The molecule has 0 unspecified atom stereocenters. The highest BCUT2D eigenvalue weighted by atomic mass is 79.9. The molecule has 0 aliphatic carbocycles. The molecule has 1 fully saturated rings. The van der Waals surface area contributed by atoms with Gasteiger partial charge < -0.3 is 15.4 Å². The van der Waals surface area contributed by atoms with Gasteiger partial charge in [-0.3, -0.25) is 4.79 Å². The predicted octanol–water partition coefficient (Wildman–Crippen LogP) is 3.34. The summed E-state index contributed by atoms with van der Waals surface area (Å²) >= 11 is 3.36. The minimum Gasteiger partial charge on any atom is -0.456 e. The van der Waals surface area contributed by atoms with Crippen LogP contribution >= 0.6 is 15.9 Å². The zero-order chi connectivity index (χ0) is 17.0. The molecular formula is C17H23BrN2O3. The number of hydrogen-bond acceptors (Lipinski definition) is 4. The van der Waals surface area contributed by atoms with Crippen LogP contribution in [0.5, 0.6) is 0 Å². The number of halogens is 1. The molecule has 5 nitrogen and oxygen atoms in total. The minimum absolute atomic E-state index is 0.223. The maximum absolute atomic E-state index is 12.6. The predicted molar refractivity (Wildman–Crippen MR) is 93.5 cm³/mol. The van der Waals surface area contributed by atoms with Crippen molar-refractivity contribution in [1.29, 1.82) is 0 Å². The van der Waals surface area contributed by atoms with E-state index in [9.17, 15) is 9.59 Å². The van der Waals surface area contributed by atoms with Gasteiger partial charge in [0.05, 0.1) is 11.3 Å². The Balaban J connectivity index is 2.19. The first-order valence-electron chi connectivity index (χ1n) is 7.81. The number of rotatable bonds is 4. The maximum atomic E-state index is 12.6. The standard InChI is InChI=1S/C17H23BrN2O3/c1-11(21)20-15-5-4-13(18)10-14(15)16(22)23-17(2,3)12-6-8-19-9-7-12/h4-5,10,12,19H,6-9H2,1-3H3,(H,20,21). The Morgan fingerprint density at radius 3 is 2.57 bits per heavy atom. The van der Waals surface area contributed by atoms with Crippen molar-refractivity contribution in [3.8, 4) is 0 Å². The Bertz CT molecular complexity index is 596. The third kappa shape index (κ3) is 4.78. The van der Waals surface area contributed by atoms with Gasteiger partial charge in [-0.25, -0.2) is 4.79 Å². The van der Waals surface area contributed by atoms with Crippen LogP contribution < -0.4 is 10.6 Å². The van der Waals surface area contributed by atoms with Crippen molar-refractivity contribution in [2.45, 2.75) is 39.2 Å². The molecule has 2 N–H and O–H groups in total. The normalized spacial score (nSPS) is 16.0. The third-order valence-corrected chi connectivity index (χ3v) is 4.68. The topological polar surface area (TPSA) is 67.4 Å². The molecule has 1 heterocycles. The Labute approximate surface area is 145 Å². The molecule has 126 valence electrons. The molecule has 1 aliphatic heterocycles. The average Bonchev–Trinajstić information content (AvgIpc) is 2.49. The molecule has 23 heavy (non-hydrogen) atoms. The van der Waals surface area contributed by atoms with Crippen molar-refractivity contribution in [1.82, 2.24) is 5.32 Å². The number of amides is 1. The van der Waals surface area contributed by atoms with Crippen LogP contribution in [0, 0.1) is 5.92 Å². The summed E-state index contributed by atoms with van der Waals surface area (Å²) in [5.41, 5.74) is 0.276. The highest BCUT2D eigenvalue weighted by Gasteiger charge is 2.34. The highest BCUT2D eigenvalue weighted by molar-refractivity contribution is 9.10. The molecular weight excluding hydrogens is 360 g/mol. The van der Waals surface area contributed by atoms with Crippen molar-refractivity contribution >= 4 is 33.5 Å². The fraction of sp³-hybridized carbons (Fsp3) is 0.529. The summed E-state index contributed by atoms with van der Waals surface area (Å²) in [6.45, 7) is 7.21. The zero-order valence-corrected chi connectivity index (χ0v) is 15.3. The molecule has 1 aliphatic rings. The molecule has 0 bridgehead atoms. The zero-order valence-electron chi connectivity index (χ0n) is 13.7. The Hall–Kier alpha value is -1.40. The van der Waals surface area contributed by atoms with Crippen molar-refractivity contribution in [3.05, 3.63) is 28.2 Å². The number of esters is 1. The first-order valence-corrected chi connectivity index (χ1v) is 8.60. The second-order valence-corrected chi connectivity index (χ2v) is 7.30. The smallest absolute Gasteiger partial charge is 0.340 e. The van der Waals surface area contributed by atoms with Crippen LogP contribution in [-0.4, -0.2) is 30.6 Å². The van der Waals surface area contributed by atoms with Gasteiger partial charge in [-0.15, -0.1) is 0 Å². The van der Waals surface area contributed by atoms with Crippen LogP contribution in [0.3, 0.4) is 0 Å². The van der Waals surface area contributed by atoms with Crippen LogP contribution in [0.25, 0.3) is 0 Å². The van der Waals surface area contributed by atoms with Gasteiger partial charge in [-0.2, -0.15) is 0 Å². The number of piperidine rings is 1. The monoisotopic (exact) mass is 382 g/mol. The van der Waals surface area contributed by atoms with Gasteiger partial charge in [0.2, 0.25) is 5.91 Å². The number of anilines is 1. The Kier molecular flexibility index (Phi) is 5.81. The van der Waals surface area contributed by atoms with E-state index in [1.807, 2.05) is 13.8 Å². The maximum Gasteiger partial charge on any atom is 0.340 e. The molecule has 6 heteroatoms. The fourth-order valence-corrected chi connectivity index (χ4v) is 3.24. The average molecular weight is 383 g/mol. The Morgan fingerprint density at radius 2 is 1.96 bits per heavy atom. The number of nitrogens with one attached hydrogen (secondary N) is 2. The van der Waals surface area contributed by atoms with Gasteiger partial charge in [0, 0.05) is 17.3 Å². The van der Waals surface area contributed by atoms with Crippen molar-refractivity contribution in [2.24, 2.45) is 5.92 Å². The summed E-state index contributed by atoms with van der Waals surface area (Å²) in [7, 11) is 0. The SMILES string of the molecule is CC(=O)Nc1ccc(Br)cc1C(=O)OC(C)(C)C1CCNCC1. The highest BCUT2D eigenvalue weighted by Crippen LogP contribution is 2.31. The van der Waals surface area contributed by atoms with E-state index < -0.39 is 11.6 Å². The van der Waals surface area contributed by atoms with Crippen LogP contribution in [0.1, 0.15) is 44.0 Å². The van der Waals surface area contributed by atoms with Gasteiger partial charge in [0.25, 0.3) is 0 Å². The van der Waals surface area contributed by atoms with Crippen LogP contribution in [0.2, 0.25) is 0 Å². The second-order valence-electron chi connectivity index (χ2n) is 6.39. The second kappa shape index (κ2) is 7.45. The van der Waals surface area contributed by atoms with E-state index in [0.717, 1.165) is 30.4 Å². The molecule has 1 saturated heterocycles. The first kappa shape index (κ1) is 17.9. The lowest BCUT2D eigenvalue weighted by Crippen LogP contribution is -2.42. The molecule has 0 atom stereocenters. The minimum atomic E-state index is -0.547. The van der Waals surface area contributed by atoms with Gasteiger partial charge in [0.15, 0.2) is 0 Å². The van der Waals surface area contributed by atoms with E-state index in [2.05, 4.69) is 26.6 Å².